The molecule has 7 nitrogen and oxygen atoms in total. The van der Waals surface area contributed by atoms with Gasteiger partial charge in [-0.3, -0.25) is 14.6 Å². The van der Waals surface area contributed by atoms with E-state index in [-0.39, 0.29) is 11.8 Å². The van der Waals surface area contributed by atoms with Crippen molar-refractivity contribution in [1.82, 2.24) is 24.8 Å². The summed E-state index contributed by atoms with van der Waals surface area (Å²) in [5.41, 5.74) is 1.11. The number of fused-ring (bicyclic) bond motifs is 1. The van der Waals surface area contributed by atoms with Gasteiger partial charge in [-0.25, -0.2) is 4.52 Å². The molecule has 3 rings (SSSR count). The zero-order valence-corrected chi connectivity index (χ0v) is 10.4. The van der Waals surface area contributed by atoms with Gasteiger partial charge in [0.25, 0.3) is 5.91 Å². The van der Waals surface area contributed by atoms with Crippen LogP contribution in [-0.4, -0.2) is 50.4 Å². The molecule has 2 aromatic heterocycles. The standard InChI is InChI=1S/C12H13N5O2/c1-8-11(18)14-3-4-16(8)12(19)9-6-15-17-5-2-13-7-10(9)17/h2,5-8H,3-4H2,1H3,(H,14,18). The second-order valence-corrected chi connectivity index (χ2v) is 4.43. The first-order valence-corrected chi connectivity index (χ1v) is 6.04. The van der Waals surface area contributed by atoms with Gasteiger partial charge in [0.2, 0.25) is 5.91 Å². The molecular weight excluding hydrogens is 246 g/mol. The first kappa shape index (κ1) is 11.6. The Bertz CT molecular complexity index is 650. The zero-order valence-electron chi connectivity index (χ0n) is 10.4. The molecule has 3 heterocycles. The number of rotatable bonds is 1. The van der Waals surface area contributed by atoms with Crippen LogP contribution in [0.4, 0.5) is 0 Å². The number of nitrogens with zero attached hydrogens (tertiary/aromatic N) is 4. The Kier molecular flexibility index (Phi) is 2.66. The van der Waals surface area contributed by atoms with Crippen molar-refractivity contribution in [2.75, 3.05) is 13.1 Å². The van der Waals surface area contributed by atoms with Gasteiger partial charge in [0.05, 0.1) is 23.5 Å². The number of carbonyl (C=O) groups excluding carboxylic acids is 2. The largest absolute Gasteiger partial charge is 0.353 e. The SMILES string of the molecule is CC1C(=O)NCCN1C(=O)c1cnn2ccncc12. The summed E-state index contributed by atoms with van der Waals surface area (Å²) in [6.07, 6.45) is 6.39. The third-order valence-corrected chi connectivity index (χ3v) is 3.31. The van der Waals surface area contributed by atoms with E-state index in [9.17, 15) is 9.59 Å². The predicted molar refractivity (Wildman–Crippen MR) is 66.5 cm³/mol. The minimum absolute atomic E-state index is 0.130. The number of nitrogens with one attached hydrogen (secondary N) is 1. The Morgan fingerprint density at radius 1 is 1.47 bits per heavy atom. The molecule has 0 bridgehead atoms. The Morgan fingerprint density at radius 3 is 3.16 bits per heavy atom. The van der Waals surface area contributed by atoms with Gasteiger partial charge in [-0.2, -0.15) is 5.10 Å². The summed E-state index contributed by atoms with van der Waals surface area (Å²) in [4.78, 5) is 29.7. The summed E-state index contributed by atoms with van der Waals surface area (Å²) in [7, 11) is 0. The number of hydrogen-bond donors (Lipinski definition) is 1. The van der Waals surface area contributed by atoms with Crippen LogP contribution < -0.4 is 5.32 Å². The van der Waals surface area contributed by atoms with Crippen molar-refractivity contribution in [3.63, 3.8) is 0 Å². The third-order valence-electron chi connectivity index (χ3n) is 3.31. The second kappa shape index (κ2) is 4.34. The quantitative estimate of drug-likeness (QED) is 0.762. The molecule has 1 saturated heterocycles. The molecule has 1 aliphatic rings. The lowest BCUT2D eigenvalue weighted by Gasteiger charge is -2.32. The normalized spacial score (nSPS) is 19.5. The molecule has 1 unspecified atom stereocenters. The van der Waals surface area contributed by atoms with E-state index in [4.69, 9.17) is 0 Å². The Morgan fingerprint density at radius 2 is 2.32 bits per heavy atom. The molecule has 98 valence electrons. The maximum atomic E-state index is 12.5. The second-order valence-electron chi connectivity index (χ2n) is 4.43. The minimum Gasteiger partial charge on any atom is -0.353 e. The maximum Gasteiger partial charge on any atom is 0.258 e. The lowest BCUT2D eigenvalue weighted by molar-refractivity contribution is -0.127. The van der Waals surface area contributed by atoms with Crippen LogP contribution in [0.15, 0.2) is 24.8 Å². The zero-order chi connectivity index (χ0) is 13.4. The highest BCUT2D eigenvalue weighted by Gasteiger charge is 2.31. The smallest absolute Gasteiger partial charge is 0.258 e. The van der Waals surface area contributed by atoms with Gasteiger partial charge in [-0.05, 0) is 6.92 Å². The summed E-state index contributed by atoms with van der Waals surface area (Å²) in [6, 6.07) is -0.465. The van der Waals surface area contributed by atoms with Gasteiger partial charge < -0.3 is 10.2 Å². The van der Waals surface area contributed by atoms with E-state index in [2.05, 4.69) is 15.4 Å². The number of hydrogen-bond acceptors (Lipinski definition) is 4. The number of aromatic nitrogens is 3. The molecule has 2 amide bonds. The molecule has 0 radical (unpaired) electrons. The fourth-order valence-corrected chi connectivity index (χ4v) is 2.21. The van der Waals surface area contributed by atoms with Gasteiger partial charge in [0, 0.05) is 25.5 Å². The Hall–Kier alpha value is -2.44. The summed E-state index contributed by atoms with van der Waals surface area (Å²) >= 11 is 0. The predicted octanol–water partition coefficient (Wildman–Crippen LogP) is -0.310. The van der Waals surface area contributed by atoms with Crippen molar-refractivity contribution in [1.29, 1.82) is 0 Å². The molecule has 0 spiro atoms. The molecule has 0 aliphatic carbocycles. The first-order chi connectivity index (χ1) is 9.18. The van der Waals surface area contributed by atoms with Crippen LogP contribution in [-0.2, 0) is 4.79 Å². The van der Waals surface area contributed by atoms with Gasteiger partial charge >= 0.3 is 0 Å². The van der Waals surface area contributed by atoms with Crippen LogP contribution in [0.25, 0.3) is 5.52 Å². The fraction of sp³-hybridized carbons (Fsp3) is 0.333. The van der Waals surface area contributed by atoms with E-state index >= 15 is 0 Å². The Labute approximate surface area is 109 Å². The van der Waals surface area contributed by atoms with Gasteiger partial charge in [-0.15, -0.1) is 0 Å². The number of carbonyl (C=O) groups is 2. The fourth-order valence-electron chi connectivity index (χ4n) is 2.21. The van der Waals surface area contributed by atoms with E-state index in [0.29, 0.717) is 24.2 Å². The van der Waals surface area contributed by atoms with E-state index < -0.39 is 6.04 Å². The van der Waals surface area contributed by atoms with E-state index in [1.165, 1.54) is 6.20 Å². The van der Waals surface area contributed by atoms with E-state index in [0.717, 1.165) is 0 Å². The average molecular weight is 259 g/mol. The summed E-state index contributed by atoms with van der Waals surface area (Å²) < 4.78 is 1.59. The van der Waals surface area contributed by atoms with Crippen molar-refractivity contribution < 1.29 is 9.59 Å². The highest BCUT2D eigenvalue weighted by atomic mass is 16.2. The molecule has 0 aromatic carbocycles. The monoisotopic (exact) mass is 259 g/mol. The maximum absolute atomic E-state index is 12.5. The molecule has 7 heteroatoms. The topological polar surface area (TPSA) is 79.6 Å². The lowest BCUT2D eigenvalue weighted by atomic mass is 10.1. The van der Waals surface area contributed by atoms with Crippen molar-refractivity contribution in [2.24, 2.45) is 0 Å². The molecule has 0 saturated carbocycles. The van der Waals surface area contributed by atoms with Crippen LogP contribution >= 0.6 is 0 Å². The average Bonchev–Trinajstić information content (AvgIpc) is 2.85. The summed E-state index contributed by atoms with van der Waals surface area (Å²) in [5.74, 6) is -0.320. The van der Waals surface area contributed by atoms with Gasteiger partial charge in [0.15, 0.2) is 0 Å². The minimum atomic E-state index is -0.465. The van der Waals surface area contributed by atoms with Crippen molar-refractivity contribution >= 4 is 17.3 Å². The molecule has 19 heavy (non-hydrogen) atoms. The van der Waals surface area contributed by atoms with Gasteiger partial charge in [-0.1, -0.05) is 0 Å². The van der Waals surface area contributed by atoms with Crippen molar-refractivity contribution in [2.45, 2.75) is 13.0 Å². The summed E-state index contributed by atoms with van der Waals surface area (Å²) in [6.45, 7) is 2.70. The number of amides is 2. The first-order valence-electron chi connectivity index (χ1n) is 6.04. The van der Waals surface area contributed by atoms with Crippen molar-refractivity contribution in [3.8, 4) is 0 Å². The Balaban J connectivity index is 1.97. The molecule has 1 fully saturated rings. The summed E-state index contributed by atoms with van der Waals surface area (Å²) in [5, 5.41) is 6.84. The highest BCUT2D eigenvalue weighted by molar-refractivity contribution is 6.02. The molecule has 1 N–H and O–H groups in total. The van der Waals surface area contributed by atoms with Crippen LogP contribution in [0.5, 0.6) is 0 Å². The van der Waals surface area contributed by atoms with Crippen LogP contribution in [0, 0.1) is 0 Å². The molecule has 2 aromatic rings. The van der Waals surface area contributed by atoms with E-state index in [1.54, 1.807) is 34.9 Å². The highest BCUT2D eigenvalue weighted by Crippen LogP contribution is 2.15. The molecule has 1 atom stereocenters. The van der Waals surface area contributed by atoms with Gasteiger partial charge in [0.1, 0.15) is 6.04 Å². The number of piperazine rings is 1. The van der Waals surface area contributed by atoms with Crippen LogP contribution in [0.3, 0.4) is 0 Å². The molecule has 1 aliphatic heterocycles. The van der Waals surface area contributed by atoms with E-state index in [1.807, 2.05) is 0 Å². The third kappa shape index (κ3) is 1.83. The van der Waals surface area contributed by atoms with Crippen LogP contribution in [0.2, 0.25) is 0 Å². The van der Waals surface area contributed by atoms with Crippen molar-refractivity contribution in [3.05, 3.63) is 30.4 Å². The van der Waals surface area contributed by atoms with Crippen LogP contribution in [0.1, 0.15) is 17.3 Å². The lowest BCUT2D eigenvalue weighted by Crippen LogP contribution is -2.55. The molecular formula is C12H13N5O2.